The van der Waals surface area contributed by atoms with Crippen molar-refractivity contribution in [3.63, 3.8) is 0 Å². The average molecular weight is 341 g/mol. The molecule has 0 atom stereocenters. The van der Waals surface area contributed by atoms with Gasteiger partial charge in [0.1, 0.15) is 22.0 Å². The number of hydrogen-bond donors (Lipinski definition) is 0. The number of nitrogens with zero attached hydrogens (tertiary/aromatic N) is 1. The highest BCUT2D eigenvalue weighted by molar-refractivity contribution is 5.89. The second-order valence-electron chi connectivity index (χ2n) is 5.29. The molecule has 7 nitrogen and oxygen atoms in total. The van der Waals surface area contributed by atoms with Gasteiger partial charge in [-0.15, -0.1) is 0 Å². The summed E-state index contributed by atoms with van der Waals surface area (Å²) in [5.74, 6) is 0.603. The van der Waals surface area contributed by atoms with Crippen molar-refractivity contribution >= 4 is 29.0 Å². The highest BCUT2D eigenvalue weighted by Gasteiger charge is 2.10. The minimum absolute atomic E-state index is 0.316. The molecular weight excluding hydrogens is 326 g/mol. The fourth-order valence-corrected chi connectivity index (χ4v) is 2.32. The first-order valence-electron chi connectivity index (χ1n) is 7.70. The van der Waals surface area contributed by atoms with E-state index in [1.807, 2.05) is 6.92 Å². The van der Waals surface area contributed by atoms with E-state index < -0.39 is 10.5 Å². The summed E-state index contributed by atoms with van der Waals surface area (Å²) in [7, 11) is 0. The summed E-state index contributed by atoms with van der Waals surface area (Å²) in [4.78, 5) is 21.8. The van der Waals surface area contributed by atoms with E-state index >= 15 is 0 Å². The van der Waals surface area contributed by atoms with Gasteiger partial charge >= 0.3 is 11.5 Å². The third-order valence-corrected chi connectivity index (χ3v) is 3.44. The second kappa shape index (κ2) is 7.04. The molecule has 0 unspecified atom stereocenters. The smallest absolute Gasteiger partial charge is 0.433 e. The van der Waals surface area contributed by atoms with E-state index in [2.05, 4.69) is 0 Å². The lowest BCUT2D eigenvalue weighted by Crippen LogP contribution is -1.99. The Hall–Kier alpha value is -3.35. The number of nitro groups is 1. The van der Waals surface area contributed by atoms with Crippen LogP contribution in [0.25, 0.3) is 23.1 Å². The molecule has 0 bridgehead atoms. The number of benzene rings is 1. The van der Waals surface area contributed by atoms with Crippen molar-refractivity contribution in [2.24, 2.45) is 0 Å². The van der Waals surface area contributed by atoms with E-state index in [4.69, 9.17) is 13.6 Å². The van der Waals surface area contributed by atoms with Gasteiger partial charge in [0, 0.05) is 17.5 Å². The van der Waals surface area contributed by atoms with E-state index in [1.54, 1.807) is 30.4 Å². The van der Waals surface area contributed by atoms with Crippen molar-refractivity contribution in [2.45, 2.75) is 13.3 Å². The molecular formula is C18H15NO6. The third kappa shape index (κ3) is 3.77. The summed E-state index contributed by atoms with van der Waals surface area (Å²) in [6.07, 6.45) is 4.08. The summed E-state index contributed by atoms with van der Waals surface area (Å²) in [6.45, 7) is 2.58. The maximum absolute atomic E-state index is 11.8. The predicted molar refractivity (Wildman–Crippen MR) is 92.6 cm³/mol. The molecule has 25 heavy (non-hydrogen) atoms. The lowest BCUT2D eigenvalue weighted by atomic mass is 10.1. The van der Waals surface area contributed by atoms with E-state index in [0.29, 0.717) is 29.3 Å². The first kappa shape index (κ1) is 16.5. The minimum atomic E-state index is -0.609. The van der Waals surface area contributed by atoms with Crippen molar-refractivity contribution in [3.05, 3.63) is 68.3 Å². The molecule has 2 heterocycles. The lowest BCUT2D eigenvalue weighted by molar-refractivity contribution is -0.402. The molecule has 0 fully saturated rings. The SMILES string of the molecule is CCCOc1ccc2c(/C=C/c3ccc([N+](=O)[O-])o3)cc(=O)oc2c1. The maximum atomic E-state index is 11.8. The van der Waals surface area contributed by atoms with E-state index in [1.165, 1.54) is 18.2 Å². The first-order chi connectivity index (χ1) is 12.1. The molecule has 2 aromatic heterocycles. The summed E-state index contributed by atoms with van der Waals surface area (Å²) < 4.78 is 15.8. The van der Waals surface area contributed by atoms with Gasteiger partial charge in [-0.05, 0) is 36.3 Å². The molecule has 0 amide bonds. The zero-order chi connectivity index (χ0) is 17.8. The van der Waals surface area contributed by atoms with Gasteiger partial charge in [0.15, 0.2) is 0 Å². The minimum Gasteiger partial charge on any atom is -0.493 e. The van der Waals surface area contributed by atoms with Crippen LogP contribution in [-0.2, 0) is 0 Å². The fraction of sp³-hybridized carbons (Fsp3) is 0.167. The van der Waals surface area contributed by atoms with Crippen LogP contribution in [0.15, 0.2) is 50.0 Å². The highest BCUT2D eigenvalue weighted by atomic mass is 16.6. The Morgan fingerprint density at radius 2 is 2.00 bits per heavy atom. The van der Waals surface area contributed by atoms with Crippen molar-refractivity contribution in [2.75, 3.05) is 6.61 Å². The normalized spacial score (nSPS) is 11.2. The van der Waals surface area contributed by atoms with Crippen LogP contribution in [0.1, 0.15) is 24.7 Å². The van der Waals surface area contributed by atoms with Crippen molar-refractivity contribution in [3.8, 4) is 5.75 Å². The Morgan fingerprint density at radius 3 is 2.72 bits per heavy atom. The van der Waals surface area contributed by atoms with Crippen LogP contribution in [0.3, 0.4) is 0 Å². The summed E-state index contributed by atoms with van der Waals surface area (Å²) in [5.41, 5.74) is 0.531. The molecule has 0 aliphatic carbocycles. The molecule has 0 spiro atoms. The van der Waals surface area contributed by atoms with E-state index in [0.717, 1.165) is 11.8 Å². The Bertz CT molecular complexity index is 998. The van der Waals surface area contributed by atoms with E-state index in [9.17, 15) is 14.9 Å². The quantitative estimate of drug-likeness (QED) is 0.378. The number of ether oxygens (including phenoxy) is 1. The molecule has 0 saturated carbocycles. The Labute approximate surface area is 142 Å². The van der Waals surface area contributed by atoms with Gasteiger partial charge in [-0.2, -0.15) is 0 Å². The molecule has 128 valence electrons. The van der Waals surface area contributed by atoms with Gasteiger partial charge in [0.05, 0.1) is 12.7 Å². The number of fused-ring (bicyclic) bond motifs is 1. The van der Waals surface area contributed by atoms with E-state index in [-0.39, 0.29) is 5.88 Å². The van der Waals surface area contributed by atoms with Gasteiger partial charge in [0.25, 0.3) is 0 Å². The zero-order valence-electron chi connectivity index (χ0n) is 13.4. The highest BCUT2D eigenvalue weighted by Crippen LogP contribution is 2.25. The zero-order valence-corrected chi connectivity index (χ0v) is 13.4. The van der Waals surface area contributed by atoms with Gasteiger partial charge < -0.3 is 13.6 Å². The largest absolute Gasteiger partial charge is 0.493 e. The summed E-state index contributed by atoms with van der Waals surface area (Å²) in [6, 6.07) is 9.37. The number of hydrogen-bond acceptors (Lipinski definition) is 6. The molecule has 1 aromatic carbocycles. The van der Waals surface area contributed by atoms with Crippen LogP contribution in [-0.4, -0.2) is 11.5 Å². The molecule has 0 saturated heterocycles. The topological polar surface area (TPSA) is 95.7 Å². The molecule has 0 aliphatic heterocycles. The molecule has 0 aliphatic rings. The molecule has 3 aromatic rings. The van der Waals surface area contributed by atoms with Gasteiger partial charge in [-0.3, -0.25) is 10.1 Å². The maximum Gasteiger partial charge on any atom is 0.433 e. The monoisotopic (exact) mass is 341 g/mol. The molecule has 3 rings (SSSR count). The van der Waals surface area contributed by atoms with Crippen LogP contribution < -0.4 is 10.4 Å². The van der Waals surface area contributed by atoms with Crippen molar-refractivity contribution in [1.29, 1.82) is 0 Å². The third-order valence-electron chi connectivity index (χ3n) is 3.44. The van der Waals surface area contributed by atoms with Gasteiger partial charge in [-0.1, -0.05) is 13.0 Å². The van der Waals surface area contributed by atoms with Crippen LogP contribution in [0.4, 0.5) is 5.88 Å². The second-order valence-corrected chi connectivity index (χ2v) is 5.29. The number of rotatable bonds is 6. The van der Waals surface area contributed by atoms with Crippen LogP contribution >= 0.6 is 0 Å². The molecule has 0 radical (unpaired) electrons. The first-order valence-corrected chi connectivity index (χ1v) is 7.70. The van der Waals surface area contributed by atoms with Crippen LogP contribution in [0, 0.1) is 10.1 Å². The van der Waals surface area contributed by atoms with Crippen LogP contribution in [0.5, 0.6) is 5.75 Å². The Kier molecular flexibility index (Phi) is 4.65. The average Bonchev–Trinajstić information content (AvgIpc) is 3.06. The standard InChI is InChI=1S/C18H15NO6/c1-2-9-23-14-5-7-15-12(10-18(20)25-16(15)11-14)3-4-13-6-8-17(24-13)19(21)22/h3-8,10-11H,2,9H2,1H3/b4-3+. The number of furan rings is 1. The lowest BCUT2D eigenvalue weighted by Gasteiger charge is -2.06. The van der Waals surface area contributed by atoms with Crippen molar-refractivity contribution < 1.29 is 18.5 Å². The van der Waals surface area contributed by atoms with Gasteiger partial charge in [-0.25, -0.2) is 4.79 Å². The van der Waals surface area contributed by atoms with Crippen LogP contribution in [0.2, 0.25) is 0 Å². The fourth-order valence-electron chi connectivity index (χ4n) is 2.32. The summed E-state index contributed by atoms with van der Waals surface area (Å²) >= 11 is 0. The van der Waals surface area contributed by atoms with Crippen molar-refractivity contribution in [1.82, 2.24) is 0 Å². The Morgan fingerprint density at radius 1 is 1.16 bits per heavy atom. The Balaban J connectivity index is 1.95. The summed E-state index contributed by atoms with van der Waals surface area (Å²) in [5, 5.41) is 11.4. The van der Waals surface area contributed by atoms with Gasteiger partial charge in [0.2, 0.25) is 0 Å². The molecule has 0 N–H and O–H groups in total. The predicted octanol–water partition coefficient (Wildman–Crippen LogP) is 4.25. The molecule has 7 heteroatoms.